The van der Waals surface area contributed by atoms with Gasteiger partial charge in [0.25, 0.3) is 10.0 Å². The van der Waals surface area contributed by atoms with Gasteiger partial charge in [-0.3, -0.25) is 0 Å². The first-order valence-electron chi connectivity index (χ1n) is 6.94. The van der Waals surface area contributed by atoms with Gasteiger partial charge in [0.15, 0.2) is 0 Å². The number of imidazole rings is 1. The van der Waals surface area contributed by atoms with Crippen molar-refractivity contribution >= 4 is 38.7 Å². The molecule has 0 unspecified atom stereocenters. The molecule has 0 radical (unpaired) electrons. The van der Waals surface area contributed by atoms with E-state index >= 15 is 0 Å². The highest BCUT2D eigenvalue weighted by Crippen LogP contribution is 2.14. The number of nitrogens with one attached hydrogen (secondary N) is 3. The Kier molecular flexibility index (Phi) is 4.41. The Morgan fingerprint density at radius 3 is 2.54 bits per heavy atom. The molecular formula is C15H13ClN4O3S. The molecule has 3 aromatic rings. The van der Waals surface area contributed by atoms with E-state index in [4.69, 9.17) is 11.6 Å². The monoisotopic (exact) mass is 364 g/mol. The first-order valence-corrected chi connectivity index (χ1v) is 8.80. The van der Waals surface area contributed by atoms with Gasteiger partial charge in [0.2, 0.25) is 0 Å². The molecule has 0 saturated carbocycles. The zero-order valence-electron chi connectivity index (χ0n) is 12.3. The Morgan fingerprint density at radius 2 is 1.83 bits per heavy atom. The number of carbonyl (C=O) groups excluding carboxylic acids is 1. The molecule has 0 saturated heterocycles. The summed E-state index contributed by atoms with van der Waals surface area (Å²) in [6, 6.07) is 12.1. The van der Waals surface area contributed by atoms with Crippen LogP contribution in [0.3, 0.4) is 0 Å². The summed E-state index contributed by atoms with van der Waals surface area (Å²) in [5.74, 6) is 0.523. The number of aromatic amines is 1. The number of para-hydroxylation sites is 2. The van der Waals surface area contributed by atoms with Crippen molar-refractivity contribution in [2.45, 2.75) is 11.4 Å². The van der Waals surface area contributed by atoms with Gasteiger partial charge in [-0.05, 0) is 36.4 Å². The third kappa shape index (κ3) is 3.66. The fourth-order valence-corrected chi connectivity index (χ4v) is 3.14. The third-order valence-electron chi connectivity index (χ3n) is 3.21. The topological polar surface area (TPSA) is 104 Å². The summed E-state index contributed by atoms with van der Waals surface area (Å²) in [5, 5.41) is 2.85. The second-order valence-corrected chi connectivity index (χ2v) is 7.06. The van der Waals surface area contributed by atoms with Gasteiger partial charge < -0.3 is 10.3 Å². The molecule has 3 rings (SSSR count). The summed E-state index contributed by atoms with van der Waals surface area (Å²) in [6.07, 6.45) is 0. The number of halogens is 1. The Labute approximate surface area is 143 Å². The number of urea groups is 1. The van der Waals surface area contributed by atoms with E-state index in [2.05, 4.69) is 15.3 Å². The molecule has 0 fully saturated rings. The lowest BCUT2D eigenvalue weighted by atomic mass is 10.3. The van der Waals surface area contributed by atoms with Gasteiger partial charge in [-0.2, -0.15) is 0 Å². The molecule has 0 aliphatic rings. The minimum Gasteiger partial charge on any atom is -0.340 e. The highest BCUT2D eigenvalue weighted by molar-refractivity contribution is 7.90. The van der Waals surface area contributed by atoms with E-state index in [1.165, 1.54) is 24.3 Å². The van der Waals surface area contributed by atoms with Gasteiger partial charge in [0.05, 0.1) is 22.5 Å². The van der Waals surface area contributed by atoms with E-state index in [1.807, 2.05) is 29.0 Å². The Morgan fingerprint density at radius 1 is 1.12 bits per heavy atom. The Balaban J connectivity index is 1.63. The molecule has 3 N–H and O–H groups in total. The van der Waals surface area contributed by atoms with Crippen LogP contribution in [0.5, 0.6) is 0 Å². The van der Waals surface area contributed by atoms with Crippen molar-refractivity contribution in [2.24, 2.45) is 0 Å². The number of fused-ring (bicyclic) bond motifs is 1. The maximum absolute atomic E-state index is 12.1. The van der Waals surface area contributed by atoms with Crippen LogP contribution in [0.15, 0.2) is 53.4 Å². The molecule has 9 heteroatoms. The van der Waals surface area contributed by atoms with Crippen LogP contribution in [0.25, 0.3) is 11.0 Å². The first-order chi connectivity index (χ1) is 11.4. The normalized spacial score (nSPS) is 11.4. The highest BCUT2D eigenvalue weighted by Gasteiger charge is 2.17. The predicted octanol–water partition coefficient (Wildman–Crippen LogP) is 2.40. The minimum absolute atomic E-state index is 0.0502. The smallest absolute Gasteiger partial charge is 0.329 e. The number of hydrogen-bond acceptors (Lipinski definition) is 4. The maximum Gasteiger partial charge on any atom is 0.329 e. The van der Waals surface area contributed by atoms with E-state index in [0.717, 1.165) is 11.0 Å². The van der Waals surface area contributed by atoms with E-state index in [1.54, 1.807) is 0 Å². The van der Waals surface area contributed by atoms with Crippen molar-refractivity contribution in [2.75, 3.05) is 0 Å². The standard InChI is InChI=1S/C15H13ClN4O3S/c16-10-5-7-11(8-6-10)24(22,23)20-15(21)17-9-14-18-12-3-1-2-4-13(12)19-14/h1-8H,9H2,(H,18,19)(H2,17,20,21). The first kappa shape index (κ1) is 16.3. The SMILES string of the molecule is O=C(NCc1nc2ccccc2[nH]1)NS(=O)(=O)c1ccc(Cl)cc1. The van der Waals surface area contributed by atoms with Crippen LogP contribution < -0.4 is 10.0 Å². The van der Waals surface area contributed by atoms with E-state index in [-0.39, 0.29) is 11.4 Å². The molecule has 1 aromatic heterocycles. The number of sulfonamides is 1. The fraction of sp³-hybridized carbons (Fsp3) is 0.0667. The quantitative estimate of drug-likeness (QED) is 0.661. The van der Waals surface area contributed by atoms with Gasteiger partial charge in [0.1, 0.15) is 5.82 Å². The van der Waals surface area contributed by atoms with Gasteiger partial charge in [-0.15, -0.1) is 0 Å². The van der Waals surface area contributed by atoms with Gasteiger partial charge in [-0.1, -0.05) is 23.7 Å². The maximum atomic E-state index is 12.1. The number of H-pyrrole nitrogens is 1. The molecule has 2 amide bonds. The van der Waals surface area contributed by atoms with Crippen molar-refractivity contribution in [3.63, 3.8) is 0 Å². The van der Waals surface area contributed by atoms with Crippen LogP contribution in [0.1, 0.15) is 5.82 Å². The van der Waals surface area contributed by atoms with Crippen LogP contribution in [-0.2, 0) is 16.6 Å². The van der Waals surface area contributed by atoms with Gasteiger partial charge >= 0.3 is 6.03 Å². The molecule has 0 spiro atoms. The van der Waals surface area contributed by atoms with E-state index < -0.39 is 16.1 Å². The summed E-state index contributed by atoms with van der Waals surface area (Å²) >= 11 is 5.71. The summed E-state index contributed by atoms with van der Waals surface area (Å²) in [7, 11) is -3.96. The molecule has 1 heterocycles. The molecule has 24 heavy (non-hydrogen) atoms. The summed E-state index contributed by atoms with van der Waals surface area (Å²) < 4.78 is 26.1. The number of amides is 2. The zero-order valence-corrected chi connectivity index (χ0v) is 13.9. The van der Waals surface area contributed by atoms with Crippen LogP contribution in [0.2, 0.25) is 5.02 Å². The van der Waals surface area contributed by atoms with Crippen LogP contribution in [0, 0.1) is 0 Å². The van der Waals surface area contributed by atoms with Crippen molar-refractivity contribution in [3.05, 3.63) is 59.4 Å². The van der Waals surface area contributed by atoms with E-state index in [0.29, 0.717) is 10.8 Å². The number of carbonyl (C=O) groups is 1. The Bertz CT molecular complexity index is 950. The van der Waals surface area contributed by atoms with Crippen molar-refractivity contribution in [3.8, 4) is 0 Å². The second-order valence-electron chi connectivity index (χ2n) is 4.94. The third-order valence-corrected chi connectivity index (χ3v) is 4.80. The molecule has 0 atom stereocenters. The predicted molar refractivity (Wildman–Crippen MR) is 90.1 cm³/mol. The number of benzene rings is 2. The molecule has 0 aliphatic carbocycles. The van der Waals surface area contributed by atoms with Crippen LogP contribution >= 0.6 is 11.6 Å². The lowest BCUT2D eigenvalue weighted by molar-refractivity contribution is 0.245. The molecule has 0 bridgehead atoms. The van der Waals surface area contributed by atoms with Crippen molar-refractivity contribution in [1.82, 2.24) is 20.0 Å². The summed E-state index contributed by atoms with van der Waals surface area (Å²) in [5.41, 5.74) is 1.60. The number of hydrogen-bond donors (Lipinski definition) is 3. The fourth-order valence-electron chi connectivity index (χ4n) is 2.08. The summed E-state index contributed by atoms with van der Waals surface area (Å²) in [4.78, 5) is 19.1. The van der Waals surface area contributed by atoms with Crippen molar-refractivity contribution in [1.29, 1.82) is 0 Å². The van der Waals surface area contributed by atoms with Gasteiger partial charge in [0, 0.05) is 5.02 Å². The molecular weight excluding hydrogens is 352 g/mol. The van der Waals surface area contributed by atoms with E-state index in [9.17, 15) is 13.2 Å². The molecule has 2 aromatic carbocycles. The largest absolute Gasteiger partial charge is 0.340 e. The molecule has 0 aliphatic heterocycles. The number of nitrogens with zero attached hydrogens (tertiary/aromatic N) is 1. The van der Waals surface area contributed by atoms with Crippen LogP contribution in [0.4, 0.5) is 4.79 Å². The average molecular weight is 365 g/mol. The lowest BCUT2D eigenvalue weighted by Gasteiger charge is -2.07. The molecule has 7 nitrogen and oxygen atoms in total. The highest BCUT2D eigenvalue weighted by atomic mass is 35.5. The molecule has 124 valence electrons. The average Bonchev–Trinajstić information content (AvgIpc) is 2.96. The minimum atomic E-state index is -3.96. The zero-order chi connectivity index (χ0) is 17.2. The lowest BCUT2D eigenvalue weighted by Crippen LogP contribution is -2.39. The number of aromatic nitrogens is 2. The second kappa shape index (κ2) is 6.50. The van der Waals surface area contributed by atoms with Gasteiger partial charge in [-0.25, -0.2) is 22.9 Å². The summed E-state index contributed by atoms with van der Waals surface area (Å²) in [6.45, 7) is 0.0661. The van der Waals surface area contributed by atoms with Crippen LogP contribution in [-0.4, -0.2) is 24.4 Å². The number of rotatable bonds is 4. The Hall–Kier alpha value is -2.58. The van der Waals surface area contributed by atoms with Crippen molar-refractivity contribution < 1.29 is 13.2 Å².